The summed E-state index contributed by atoms with van der Waals surface area (Å²) in [5.74, 6) is 1.70. The first-order chi connectivity index (χ1) is 17.0. The van der Waals surface area contributed by atoms with Crippen molar-refractivity contribution in [2.24, 2.45) is 5.92 Å². The minimum absolute atomic E-state index is 0.0594. The fraction of sp³-hybridized carbons (Fsp3) is 0.400. The lowest BCUT2D eigenvalue weighted by Gasteiger charge is -2.17. The fourth-order valence-corrected chi connectivity index (χ4v) is 4.21. The van der Waals surface area contributed by atoms with Gasteiger partial charge in [-0.15, -0.1) is 10.2 Å². The molecule has 1 aliphatic rings. The van der Waals surface area contributed by atoms with Gasteiger partial charge in [-0.25, -0.2) is 4.79 Å². The number of nitrogens with zero attached hydrogens (tertiary/aromatic N) is 3. The number of carboxylic acid groups (broad SMARTS) is 1. The molecule has 0 radical (unpaired) electrons. The van der Waals surface area contributed by atoms with Gasteiger partial charge >= 0.3 is 6.16 Å². The standard InChI is InChI=1S/C25H28N4O6/c1-16-21(13-12-20(23(16)35-25(31)32)22(30)17-6-2-3-7-17)34-15-5-4-14-33-19-10-8-18(9-11-19)24-26-28-29-27-24/h8-13,17H,2-7,14-15H2,1H3,(H,31,32)(H,26,27,28,29). The molecule has 2 aromatic carbocycles. The van der Waals surface area contributed by atoms with Gasteiger partial charge in [0.15, 0.2) is 11.5 Å². The van der Waals surface area contributed by atoms with Gasteiger partial charge in [-0.2, -0.15) is 5.21 Å². The van der Waals surface area contributed by atoms with Crippen molar-refractivity contribution >= 4 is 11.9 Å². The summed E-state index contributed by atoms with van der Waals surface area (Å²) in [5, 5.41) is 23.0. The summed E-state index contributed by atoms with van der Waals surface area (Å²) < 4.78 is 16.6. The van der Waals surface area contributed by atoms with Gasteiger partial charge in [0.25, 0.3) is 0 Å². The van der Waals surface area contributed by atoms with Crippen LogP contribution >= 0.6 is 0 Å². The summed E-state index contributed by atoms with van der Waals surface area (Å²) in [6.07, 6.45) is 3.73. The van der Waals surface area contributed by atoms with Gasteiger partial charge in [0, 0.05) is 17.0 Å². The Bertz CT molecular complexity index is 1140. The number of carbonyl (C=O) groups excluding carboxylic acids is 1. The molecule has 2 N–H and O–H groups in total. The molecule has 10 heteroatoms. The number of Topliss-reactive ketones (excluding diaryl/α,β-unsaturated/α-hetero) is 1. The molecular weight excluding hydrogens is 452 g/mol. The van der Waals surface area contributed by atoms with Gasteiger partial charge < -0.3 is 19.3 Å². The van der Waals surface area contributed by atoms with Crippen molar-refractivity contribution in [1.29, 1.82) is 0 Å². The highest BCUT2D eigenvalue weighted by Gasteiger charge is 2.28. The van der Waals surface area contributed by atoms with Crippen molar-refractivity contribution < 1.29 is 28.9 Å². The number of hydrogen-bond donors (Lipinski definition) is 2. The SMILES string of the molecule is Cc1c(OCCCCOc2ccc(-c3nn[nH]n3)cc2)ccc(C(=O)C2CCCC2)c1OC(=O)O. The molecule has 0 amide bonds. The van der Waals surface area contributed by atoms with E-state index in [-0.39, 0.29) is 17.5 Å². The lowest BCUT2D eigenvalue weighted by Crippen LogP contribution is -2.16. The van der Waals surface area contributed by atoms with Crippen LogP contribution in [0, 0.1) is 12.8 Å². The summed E-state index contributed by atoms with van der Waals surface area (Å²) in [4.78, 5) is 24.2. The molecule has 1 saturated carbocycles. The maximum atomic E-state index is 12.9. The number of nitrogens with one attached hydrogen (secondary N) is 1. The van der Waals surface area contributed by atoms with Gasteiger partial charge in [0.1, 0.15) is 11.5 Å². The van der Waals surface area contributed by atoms with Crippen molar-refractivity contribution in [2.75, 3.05) is 13.2 Å². The van der Waals surface area contributed by atoms with Crippen LogP contribution in [0.25, 0.3) is 11.4 Å². The summed E-state index contributed by atoms with van der Waals surface area (Å²) in [5.41, 5.74) is 1.66. The third-order valence-corrected chi connectivity index (χ3v) is 6.06. The number of unbranched alkanes of at least 4 members (excludes halogenated alkanes) is 1. The van der Waals surface area contributed by atoms with Gasteiger partial charge in [-0.3, -0.25) is 4.79 Å². The molecule has 0 saturated heterocycles. The highest BCUT2D eigenvalue weighted by molar-refractivity contribution is 6.01. The summed E-state index contributed by atoms with van der Waals surface area (Å²) >= 11 is 0. The first kappa shape index (κ1) is 24.2. The molecule has 35 heavy (non-hydrogen) atoms. The quantitative estimate of drug-likeness (QED) is 0.171. The fourth-order valence-electron chi connectivity index (χ4n) is 4.21. The summed E-state index contributed by atoms with van der Waals surface area (Å²) in [6.45, 7) is 2.65. The van der Waals surface area contributed by atoms with Crippen molar-refractivity contribution in [2.45, 2.75) is 45.4 Å². The van der Waals surface area contributed by atoms with Crippen LogP contribution in [0.4, 0.5) is 4.79 Å². The van der Waals surface area contributed by atoms with Crippen LogP contribution in [0.2, 0.25) is 0 Å². The van der Waals surface area contributed by atoms with E-state index in [1.54, 1.807) is 19.1 Å². The molecule has 0 spiro atoms. The first-order valence-corrected chi connectivity index (χ1v) is 11.7. The minimum atomic E-state index is -1.45. The zero-order chi connectivity index (χ0) is 24.6. The largest absolute Gasteiger partial charge is 0.511 e. The van der Waals surface area contributed by atoms with Crippen LogP contribution in [0.3, 0.4) is 0 Å². The van der Waals surface area contributed by atoms with Gasteiger partial charge in [-0.1, -0.05) is 12.8 Å². The van der Waals surface area contributed by atoms with Gasteiger partial charge in [0.05, 0.1) is 18.8 Å². The molecule has 0 bridgehead atoms. The number of H-pyrrole nitrogens is 1. The van der Waals surface area contributed by atoms with E-state index in [0.29, 0.717) is 35.9 Å². The third-order valence-electron chi connectivity index (χ3n) is 6.06. The van der Waals surface area contributed by atoms with Crippen LogP contribution in [0.1, 0.15) is 54.4 Å². The predicted molar refractivity (Wildman–Crippen MR) is 126 cm³/mol. The Morgan fingerprint density at radius 1 is 1.03 bits per heavy atom. The molecule has 10 nitrogen and oxygen atoms in total. The number of aromatic nitrogens is 4. The molecular formula is C25H28N4O6. The normalized spacial score (nSPS) is 13.5. The third kappa shape index (κ3) is 6.14. The zero-order valence-electron chi connectivity index (χ0n) is 19.5. The summed E-state index contributed by atoms with van der Waals surface area (Å²) in [6, 6.07) is 10.8. The molecule has 0 aliphatic heterocycles. The van der Waals surface area contributed by atoms with E-state index in [2.05, 4.69) is 20.6 Å². The lowest BCUT2D eigenvalue weighted by atomic mass is 9.94. The molecule has 0 atom stereocenters. The van der Waals surface area contributed by atoms with Crippen molar-refractivity contribution in [3.63, 3.8) is 0 Å². The molecule has 184 valence electrons. The van der Waals surface area contributed by atoms with Gasteiger partial charge in [0.2, 0.25) is 5.82 Å². The second kappa shape index (κ2) is 11.5. The van der Waals surface area contributed by atoms with Crippen LogP contribution < -0.4 is 14.2 Å². The monoisotopic (exact) mass is 480 g/mol. The molecule has 4 rings (SSSR count). The maximum absolute atomic E-state index is 12.9. The molecule has 1 aromatic heterocycles. The van der Waals surface area contributed by atoms with E-state index in [1.807, 2.05) is 24.3 Å². The number of rotatable bonds is 11. The zero-order valence-corrected chi connectivity index (χ0v) is 19.5. The lowest BCUT2D eigenvalue weighted by molar-refractivity contribution is 0.0918. The number of tetrazole rings is 1. The number of ketones is 1. The average Bonchev–Trinajstić information content (AvgIpc) is 3.58. The number of ether oxygens (including phenoxy) is 3. The van der Waals surface area contributed by atoms with Crippen LogP contribution in [0.15, 0.2) is 36.4 Å². The molecule has 0 unspecified atom stereocenters. The number of benzene rings is 2. The Morgan fingerprint density at radius 2 is 1.74 bits per heavy atom. The average molecular weight is 481 g/mol. The van der Waals surface area contributed by atoms with E-state index < -0.39 is 6.16 Å². The Labute approximate surface area is 202 Å². The number of carbonyl (C=O) groups is 2. The Kier molecular flexibility index (Phi) is 7.92. The second-order valence-corrected chi connectivity index (χ2v) is 8.44. The van der Waals surface area contributed by atoms with E-state index in [4.69, 9.17) is 14.2 Å². The van der Waals surface area contributed by atoms with E-state index in [0.717, 1.165) is 49.8 Å². The van der Waals surface area contributed by atoms with Gasteiger partial charge in [-0.05, 0) is 74.2 Å². The Hall–Kier alpha value is -3.95. The Morgan fingerprint density at radius 3 is 2.40 bits per heavy atom. The first-order valence-electron chi connectivity index (χ1n) is 11.7. The highest BCUT2D eigenvalue weighted by atomic mass is 16.7. The van der Waals surface area contributed by atoms with Crippen molar-refractivity contribution in [3.8, 4) is 28.6 Å². The Balaban J connectivity index is 1.27. The van der Waals surface area contributed by atoms with E-state index in [9.17, 15) is 14.7 Å². The van der Waals surface area contributed by atoms with Crippen molar-refractivity contribution in [1.82, 2.24) is 20.6 Å². The molecule has 3 aromatic rings. The van der Waals surface area contributed by atoms with Crippen LogP contribution in [-0.2, 0) is 0 Å². The number of aromatic amines is 1. The summed E-state index contributed by atoms with van der Waals surface area (Å²) in [7, 11) is 0. The van der Waals surface area contributed by atoms with Crippen molar-refractivity contribution in [3.05, 3.63) is 47.5 Å². The minimum Gasteiger partial charge on any atom is -0.494 e. The van der Waals surface area contributed by atoms with Crippen LogP contribution in [-0.4, -0.2) is 50.9 Å². The molecule has 1 aliphatic carbocycles. The maximum Gasteiger partial charge on any atom is 0.511 e. The number of hydrogen-bond acceptors (Lipinski definition) is 8. The predicted octanol–water partition coefficient (Wildman–Crippen LogP) is 4.84. The van der Waals surface area contributed by atoms with E-state index in [1.165, 1.54) is 0 Å². The molecule has 1 fully saturated rings. The van der Waals surface area contributed by atoms with E-state index >= 15 is 0 Å². The highest BCUT2D eigenvalue weighted by Crippen LogP contribution is 2.36. The smallest absolute Gasteiger partial charge is 0.494 e. The second-order valence-electron chi connectivity index (χ2n) is 8.44. The topological polar surface area (TPSA) is 137 Å². The molecule has 1 heterocycles. The van der Waals surface area contributed by atoms with Crippen LogP contribution in [0.5, 0.6) is 17.2 Å².